The second-order valence-electron chi connectivity index (χ2n) is 7.69. The second-order valence-corrected chi connectivity index (χ2v) is 7.69. The number of hydrogen-bond donors (Lipinski definition) is 1. The highest BCUT2D eigenvalue weighted by Crippen LogP contribution is 2.31. The minimum atomic E-state index is -0.134. The van der Waals surface area contributed by atoms with Crippen molar-refractivity contribution in [2.24, 2.45) is 0 Å². The summed E-state index contributed by atoms with van der Waals surface area (Å²) in [6, 6.07) is 26.4. The largest absolute Gasteiger partial charge is 0.335 e. The number of hydrogen-bond acceptors (Lipinski definition) is 2. The van der Waals surface area contributed by atoms with Crippen molar-refractivity contribution in [2.75, 3.05) is 7.05 Å². The number of carbonyl (C=O) groups is 1. The molecule has 0 aliphatic rings. The van der Waals surface area contributed by atoms with Crippen molar-refractivity contribution in [3.8, 4) is 22.5 Å². The predicted octanol–water partition coefficient (Wildman–Crippen LogP) is 5.63. The SMILES string of the molecule is Cc1ccc(-c2nc(C(=O)N(C)Cc3ccccc3)[nH]c2-c2ccc(C)cc2)cc1. The molecule has 0 aliphatic carbocycles. The Bertz CT molecular complexity index is 1080. The van der Waals surface area contributed by atoms with Crippen LogP contribution in [0.1, 0.15) is 27.3 Å². The third-order valence-electron chi connectivity index (χ3n) is 5.18. The Hall–Kier alpha value is -3.66. The Morgan fingerprint density at radius 3 is 2.00 bits per heavy atom. The lowest BCUT2D eigenvalue weighted by molar-refractivity contribution is 0.0774. The molecule has 3 aromatic carbocycles. The minimum Gasteiger partial charge on any atom is -0.335 e. The van der Waals surface area contributed by atoms with E-state index in [4.69, 9.17) is 4.98 Å². The average Bonchev–Trinajstić information content (AvgIpc) is 3.20. The van der Waals surface area contributed by atoms with Gasteiger partial charge >= 0.3 is 0 Å². The number of benzene rings is 3. The zero-order chi connectivity index (χ0) is 21.1. The van der Waals surface area contributed by atoms with E-state index in [1.54, 1.807) is 11.9 Å². The van der Waals surface area contributed by atoms with Crippen molar-refractivity contribution in [3.63, 3.8) is 0 Å². The van der Waals surface area contributed by atoms with E-state index >= 15 is 0 Å². The number of aromatic nitrogens is 2. The number of aryl methyl sites for hydroxylation is 2. The smallest absolute Gasteiger partial charge is 0.289 e. The van der Waals surface area contributed by atoms with Crippen LogP contribution in [0.15, 0.2) is 78.9 Å². The summed E-state index contributed by atoms with van der Waals surface area (Å²) in [6.45, 7) is 4.65. The topological polar surface area (TPSA) is 49.0 Å². The highest BCUT2D eigenvalue weighted by atomic mass is 16.2. The predicted molar refractivity (Wildman–Crippen MR) is 121 cm³/mol. The monoisotopic (exact) mass is 395 g/mol. The normalized spacial score (nSPS) is 10.8. The summed E-state index contributed by atoms with van der Waals surface area (Å²) in [4.78, 5) is 22.8. The lowest BCUT2D eigenvalue weighted by atomic mass is 10.0. The van der Waals surface area contributed by atoms with Crippen molar-refractivity contribution in [1.29, 1.82) is 0 Å². The Morgan fingerprint density at radius 1 is 0.833 bits per heavy atom. The molecule has 0 saturated carbocycles. The molecule has 1 N–H and O–H groups in total. The lowest BCUT2D eigenvalue weighted by Gasteiger charge is -2.15. The molecule has 0 radical (unpaired) electrons. The van der Waals surface area contributed by atoms with E-state index in [0.717, 1.165) is 28.1 Å². The molecule has 4 nitrogen and oxygen atoms in total. The quantitative estimate of drug-likeness (QED) is 0.476. The number of aromatic amines is 1. The molecule has 0 spiro atoms. The maximum Gasteiger partial charge on any atom is 0.289 e. The summed E-state index contributed by atoms with van der Waals surface area (Å²) in [5, 5.41) is 0. The van der Waals surface area contributed by atoms with Gasteiger partial charge in [-0.25, -0.2) is 4.98 Å². The molecule has 0 fully saturated rings. The molecule has 0 aliphatic heterocycles. The van der Waals surface area contributed by atoms with E-state index in [-0.39, 0.29) is 5.91 Å². The first-order valence-electron chi connectivity index (χ1n) is 10.0. The Balaban J connectivity index is 1.71. The van der Waals surface area contributed by atoms with Gasteiger partial charge in [-0.3, -0.25) is 4.79 Å². The van der Waals surface area contributed by atoms with Crippen molar-refractivity contribution >= 4 is 5.91 Å². The molecule has 30 heavy (non-hydrogen) atoms. The van der Waals surface area contributed by atoms with Gasteiger partial charge in [0.2, 0.25) is 0 Å². The van der Waals surface area contributed by atoms with Crippen molar-refractivity contribution in [1.82, 2.24) is 14.9 Å². The first-order chi connectivity index (χ1) is 14.5. The lowest BCUT2D eigenvalue weighted by Crippen LogP contribution is -2.27. The van der Waals surface area contributed by atoms with E-state index < -0.39 is 0 Å². The minimum absolute atomic E-state index is 0.134. The maximum absolute atomic E-state index is 13.1. The summed E-state index contributed by atoms with van der Waals surface area (Å²) < 4.78 is 0. The summed E-state index contributed by atoms with van der Waals surface area (Å²) in [6.07, 6.45) is 0. The third kappa shape index (κ3) is 4.18. The fourth-order valence-corrected chi connectivity index (χ4v) is 3.43. The van der Waals surface area contributed by atoms with Gasteiger partial charge in [-0.2, -0.15) is 0 Å². The highest BCUT2D eigenvalue weighted by molar-refractivity contribution is 5.93. The molecule has 0 unspecified atom stereocenters. The zero-order valence-corrected chi connectivity index (χ0v) is 17.5. The van der Waals surface area contributed by atoms with Gasteiger partial charge in [0.05, 0.1) is 11.4 Å². The second kappa shape index (κ2) is 8.37. The molecule has 4 aromatic rings. The van der Waals surface area contributed by atoms with Gasteiger partial charge in [-0.1, -0.05) is 90.0 Å². The standard InChI is InChI=1S/C26H25N3O/c1-18-9-13-21(14-10-18)23-24(22-15-11-19(2)12-16-22)28-25(27-23)26(30)29(3)17-20-7-5-4-6-8-20/h4-16H,17H2,1-3H3,(H,27,28). The fraction of sp³-hybridized carbons (Fsp3) is 0.154. The van der Waals surface area contributed by atoms with Crippen LogP contribution >= 0.6 is 0 Å². The Labute approximate surface area is 177 Å². The number of H-pyrrole nitrogens is 1. The molecule has 1 heterocycles. The van der Waals surface area contributed by atoms with Crippen LogP contribution in [0, 0.1) is 13.8 Å². The molecule has 150 valence electrons. The van der Waals surface area contributed by atoms with Crippen molar-refractivity contribution in [2.45, 2.75) is 20.4 Å². The third-order valence-corrected chi connectivity index (χ3v) is 5.18. The zero-order valence-electron chi connectivity index (χ0n) is 17.5. The number of amides is 1. The van der Waals surface area contributed by atoms with E-state index in [1.165, 1.54) is 11.1 Å². The van der Waals surface area contributed by atoms with E-state index in [9.17, 15) is 4.79 Å². The van der Waals surface area contributed by atoms with Gasteiger partial charge in [0.15, 0.2) is 5.82 Å². The van der Waals surface area contributed by atoms with E-state index in [0.29, 0.717) is 12.4 Å². The Morgan fingerprint density at radius 2 is 1.40 bits per heavy atom. The molecule has 1 aromatic heterocycles. The van der Waals surface area contributed by atoms with Crippen LogP contribution in [0.3, 0.4) is 0 Å². The van der Waals surface area contributed by atoms with E-state index in [2.05, 4.69) is 55.2 Å². The van der Waals surface area contributed by atoms with Crippen molar-refractivity contribution in [3.05, 3.63) is 101 Å². The van der Waals surface area contributed by atoms with Gasteiger partial charge in [0.1, 0.15) is 0 Å². The fourth-order valence-electron chi connectivity index (χ4n) is 3.43. The highest BCUT2D eigenvalue weighted by Gasteiger charge is 2.21. The molecular formula is C26H25N3O. The van der Waals surface area contributed by atoms with Crippen LogP contribution in [0.25, 0.3) is 22.5 Å². The van der Waals surface area contributed by atoms with Gasteiger partial charge in [0.25, 0.3) is 5.91 Å². The summed E-state index contributed by atoms with van der Waals surface area (Å²) in [5.74, 6) is 0.213. The van der Waals surface area contributed by atoms with Crippen LogP contribution < -0.4 is 0 Å². The molecular weight excluding hydrogens is 370 g/mol. The van der Waals surface area contributed by atoms with Crippen LogP contribution in [0.5, 0.6) is 0 Å². The number of rotatable bonds is 5. The van der Waals surface area contributed by atoms with E-state index in [1.807, 2.05) is 42.5 Å². The first-order valence-corrected chi connectivity index (χ1v) is 10.0. The Kier molecular flexibility index (Phi) is 5.48. The molecule has 1 amide bonds. The van der Waals surface area contributed by atoms with Gasteiger partial charge in [-0.05, 0) is 19.4 Å². The van der Waals surface area contributed by atoms with Gasteiger partial charge in [0, 0.05) is 24.7 Å². The summed E-state index contributed by atoms with van der Waals surface area (Å²) in [5.41, 5.74) is 7.09. The molecule has 0 atom stereocenters. The number of nitrogens with zero attached hydrogens (tertiary/aromatic N) is 2. The van der Waals surface area contributed by atoms with Crippen LogP contribution in [-0.2, 0) is 6.54 Å². The van der Waals surface area contributed by atoms with Gasteiger partial charge < -0.3 is 9.88 Å². The average molecular weight is 396 g/mol. The number of nitrogens with one attached hydrogen (secondary N) is 1. The first kappa shape index (κ1) is 19.6. The van der Waals surface area contributed by atoms with Crippen molar-refractivity contribution < 1.29 is 4.79 Å². The number of carbonyl (C=O) groups excluding carboxylic acids is 1. The molecule has 4 heteroatoms. The van der Waals surface area contributed by atoms with Gasteiger partial charge in [-0.15, -0.1) is 0 Å². The molecule has 0 bridgehead atoms. The summed E-state index contributed by atoms with van der Waals surface area (Å²) in [7, 11) is 1.80. The molecule has 0 saturated heterocycles. The van der Waals surface area contributed by atoms with Crippen LogP contribution in [0.4, 0.5) is 0 Å². The summed E-state index contributed by atoms with van der Waals surface area (Å²) >= 11 is 0. The van der Waals surface area contributed by atoms with Crippen LogP contribution in [-0.4, -0.2) is 27.8 Å². The van der Waals surface area contributed by atoms with Crippen LogP contribution in [0.2, 0.25) is 0 Å². The maximum atomic E-state index is 13.1. The molecule has 4 rings (SSSR count). The number of imidazole rings is 1.